The van der Waals surface area contributed by atoms with Crippen LogP contribution >= 0.6 is 0 Å². The van der Waals surface area contributed by atoms with Gasteiger partial charge in [0.05, 0.1) is 12.7 Å². The molecule has 0 saturated heterocycles. The van der Waals surface area contributed by atoms with E-state index in [0.29, 0.717) is 5.92 Å². The summed E-state index contributed by atoms with van der Waals surface area (Å²) < 4.78 is 0. The van der Waals surface area contributed by atoms with Gasteiger partial charge < -0.3 is 10.2 Å². The molecule has 0 heterocycles. The van der Waals surface area contributed by atoms with Gasteiger partial charge in [-0.05, 0) is 18.3 Å². The SMILES string of the molecule is CCC(CC(O)CO)C1CCCCC1. The van der Waals surface area contributed by atoms with Crippen molar-refractivity contribution in [2.75, 3.05) is 6.61 Å². The van der Waals surface area contributed by atoms with Gasteiger partial charge in [-0.2, -0.15) is 0 Å². The summed E-state index contributed by atoms with van der Waals surface area (Å²) in [6.07, 6.45) is 8.19. The van der Waals surface area contributed by atoms with Crippen molar-refractivity contribution in [1.29, 1.82) is 0 Å². The second-order valence-corrected chi connectivity index (χ2v) is 4.64. The van der Waals surface area contributed by atoms with Gasteiger partial charge in [-0.1, -0.05) is 45.4 Å². The molecule has 2 unspecified atom stereocenters. The molecule has 2 N–H and O–H groups in total. The third-order valence-corrected chi connectivity index (χ3v) is 3.63. The highest BCUT2D eigenvalue weighted by molar-refractivity contribution is 4.75. The molecule has 1 saturated carbocycles. The summed E-state index contributed by atoms with van der Waals surface area (Å²) in [5, 5.41) is 18.3. The van der Waals surface area contributed by atoms with Crippen molar-refractivity contribution < 1.29 is 10.2 Å². The number of hydrogen-bond donors (Lipinski definition) is 2. The maximum atomic E-state index is 9.44. The van der Waals surface area contributed by atoms with Gasteiger partial charge in [0.2, 0.25) is 0 Å². The Morgan fingerprint density at radius 2 is 1.86 bits per heavy atom. The Hall–Kier alpha value is -0.0800. The van der Waals surface area contributed by atoms with Crippen LogP contribution in [0.25, 0.3) is 0 Å². The predicted octanol–water partition coefficient (Wildman–Crippen LogP) is 2.34. The molecule has 2 nitrogen and oxygen atoms in total. The van der Waals surface area contributed by atoms with Crippen LogP contribution in [0.3, 0.4) is 0 Å². The average molecular weight is 200 g/mol. The second-order valence-electron chi connectivity index (χ2n) is 4.64. The third kappa shape index (κ3) is 3.58. The largest absolute Gasteiger partial charge is 0.394 e. The smallest absolute Gasteiger partial charge is 0.0773 e. The van der Waals surface area contributed by atoms with Crippen molar-refractivity contribution in [2.45, 2.75) is 58.0 Å². The molecule has 0 radical (unpaired) electrons. The molecule has 1 aliphatic carbocycles. The summed E-state index contributed by atoms with van der Waals surface area (Å²) in [4.78, 5) is 0. The minimum atomic E-state index is -0.498. The van der Waals surface area contributed by atoms with Crippen molar-refractivity contribution in [2.24, 2.45) is 11.8 Å². The molecule has 0 spiro atoms. The number of aliphatic hydroxyl groups is 2. The van der Waals surface area contributed by atoms with E-state index < -0.39 is 6.10 Å². The minimum absolute atomic E-state index is 0.0801. The molecule has 1 rings (SSSR count). The minimum Gasteiger partial charge on any atom is -0.394 e. The van der Waals surface area contributed by atoms with E-state index in [-0.39, 0.29) is 6.61 Å². The lowest BCUT2D eigenvalue weighted by atomic mass is 9.76. The fourth-order valence-electron chi connectivity index (χ4n) is 2.72. The zero-order valence-electron chi connectivity index (χ0n) is 9.28. The first kappa shape index (κ1) is 12.0. The van der Waals surface area contributed by atoms with Gasteiger partial charge >= 0.3 is 0 Å². The highest BCUT2D eigenvalue weighted by atomic mass is 16.3. The highest BCUT2D eigenvalue weighted by Gasteiger charge is 2.23. The van der Waals surface area contributed by atoms with Crippen molar-refractivity contribution in [3.63, 3.8) is 0 Å². The lowest BCUT2D eigenvalue weighted by Gasteiger charge is -2.30. The summed E-state index contributed by atoms with van der Waals surface area (Å²) in [5.41, 5.74) is 0. The molecular weight excluding hydrogens is 176 g/mol. The normalized spacial score (nSPS) is 23.4. The maximum Gasteiger partial charge on any atom is 0.0773 e. The predicted molar refractivity (Wildman–Crippen MR) is 58.1 cm³/mol. The summed E-state index contributed by atoms with van der Waals surface area (Å²) >= 11 is 0. The fraction of sp³-hybridized carbons (Fsp3) is 1.00. The monoisotopic (exact) mass is 200 g/mol. The molecule has 14 heavy (non-hydrogen) atoms. The quantitative estimate of drug-likeness (QED) is 0.715. The Balaban J connectivity index is 2.35. The first-order valence-corrected chi connectivity index (χ1v) is 6.06. The first-order valence-electron chi connectivity index (χ1n) is 6.06. The van der Waals surface area contributed by atoms with Crippen LogP contribution in [0.4, 0.5) is 0 Å². The molecule has 2 atom stereocenters. The Labute approximate surface area is 87.3 Å². The van der Waals surface area contributed by atoms with E-state index in [2.05, 4.69) is 6.92 Å². The van der Waals surface area contributed by atoms with Gasteiger partial charge in [-0.15, -0.1) is 0 Å². The molecule has 0 amide bonds. The second kappa shape index (κ2) is 6.41. The summed E-state index contributed by atoms with van der Waals surface area (Å²) in [7, 11) is 0. The molecule has 2 heteroatoms. The highest BCUT2D eigenvalue weighted by Crippen LogP contribution is 2.34. The lowest BCUT2D eigenvalue weighted by Crippen LogP contribution is -2.24. The first-order chi connectivity index (χ1) is 6.77. The van der Waals surface area contributed by atoms with Crippen molar-refractivity contribution in [3.8, 4) is 0 Å². The summed E-state index contributed by atoms with van der Waals surface area (Å²) in [6, 6.07) is 0. The third-order valence-electron chi connectivity index (χ3n) is 3.63. The number of rotatable bonds is 5. The van der Waals surface area contributed by atoms with Crippen LogP contribution in [-0.4, -0.2) is 22.9 Å². The molecule has 0 aromatic rings. The van der Waals surface area contributed by atoms with Gasteiger partial charge in [-0.3, -0.25) is 0 Å². The van der Waals surface area contributed by atoms with E-state index in [4.69, 9.17) is 5.11 Å². The Morgan fingerprint density at radius 1 is 1.21 bits per heavy atom. The Kier molecular flexibility index (Phi) is 5.49. The van der Waals surface area contributed by atoms with Crippen LogP contribution in [0.15, 0.2) is 0 Å². The van der Waals surface area contributed by atoms with E-state index in [1.54, 1.807) is 0 Å². The van der Waals surface area contributed by atoms with Gasteiger partial charge in [0.25, 0.3) is 0 Å². The van der Waals surface area contributed by atoms with Crippen LogP contribution in [0.1, 0.15) is 51.9 Å². The number of hydrogen-bond acceptors (Lipinski definition) is 2. The van der Waals surface area contributed by atoms with E-state index >= 15 is 0 Å². The molecular formula is C12H24O2. The molecule has 1 fully saturated rings. The van der Waals surface area contributed by atoms with E-state index in [1.165, 1.54) is 32.1 Å². The number of aliphatic hydroxyl groups excluding tert-OH is 2. The van der Waals surface area contributed by atoms with Crippen molar-refractivity contribution in [3.05, 3.63) is 0 Å². The van der Waals surface area contributed by atoms with Crippen molar-refractivity contribution >= 4 is 0 Å². The molecule has 1 aliphatic rings. The van der Waals surface area contributed by atoms with Crippen LogP contribution in [0.5, 0.6) is 0 Å². The van der Waals surface area contributed by atoms with E-state index in [0.717, 1.165) is 18.8 Å². The topological polar surface area (TPSA) is 40.5 Å². The van der Waals surface area contributed by atoms with Crippen LogP contribution in [0, 0.1) is 11.8 Å². The van der Waals surface area contributed by atoms with Crippen LogP contribution < -0.4 is 0 Å². The zero-order chi connectivity index (χ0) is 10.4. The molecule has 0 bridgehead atoms. The molecule has 0 aromatic carbocycles. The Morgan fingerprint density at radius 3 is 2.36 bits per heavy atom. The Bertz CT molecular complexity index is 141. The maximum absolute atomic E-state index is 9.44. The lowest BCUT2D eigenvalue weighted by molar-refractivity contribution is 0.0583. The van der Waals surface area contributed by atoms with E-state index in [1.807, 2.05) is 0 Å². The molecule has 0 aromatic heterocycles. The fourth-order valence-corrected chi connectivity index (χ4v) is 2.72. The van der Waals surface area contributed by atoms with Gasteiger partial charge in [0.15, 0.2) is 0 Å². The molecule has 0 aliphatic heterocycles. The summed E-state index contributed by atoms with van der Waals surface area (Å²) in [6.45, 7) is 2.12. The zero-order valence-corrected chi connectivity index (χ0v) is 9.28. The van der Waals surface area contributed by atoms with E-state index in [9.17, 15) is 5.11 Å². The van der Waals surface area contributed by atoms with Gasteiger partial charge in [0.1, 0.15) is 0 Å². The van der Waals surface area contributed by atoms with Crippen molar-refractivity contribution in [1.82, 2.24) is 0 Å². The molecule has 84 valence electrons. The summed E-state index contributed by atoms with van der Waals surface area (Å²) in [5.74, 6) is 1.42. The van der Waals surface area contributed by atoms with Crippen LogP contribution in [-0.2, 0) is 0 Å². The van der Waals surface area contributed by atoms with Crippen LogP contribution in [0.2, 0.25) is 0 Å². The van der Waals surface area contributed by atoms with Gasteiger partial charge in [-0.25, -0.2) is 0 Å². The standard InChI is InChI=1S/C12H24O2/c1-2-10(8-12(14)9-13)11-6-4-3-5-7-11/h10-14H,2-9H2,1H3. The average Bonchev–Trinajstić information content (AvgIpc) is 2.26. The van der Waals surface area contributed by atoms with Gasteiger partial charge in [0, 0.05) is 0 Å².